The van der Waals surface area contributed by atoms with Gasteiger partial charge in [-0.15, -0.1) is 5.10 Å². The predicted molar refractivity (Wildman–Crippen MR) is 185 cm³/mol. The van der Waals surface area contributed by atoms with Gasteiger partial charge in [-0.25, -0.2) is 13.5 Å². The average Bonchev–Trinajstić information content (AvgIpc) is 3.67. The molecule has 0 aliphatic heterocycles. The van der Waals surface area contributed by atoms with Gasteiger partial charge in [-0.05, 0) is 95.7 Å². The minimum atomic E-state index is -4.17. The normalized spacial score (nSPS) is 12.3. The number of nitriles is 1. The highest BCUT2D eigenvalue weighted by Crippen LogP contribution is 2.46. The summed E-state index contributed by atoms with van der Waals surface area (Å²) in [5, 5.41) is 30.3. The van der Waals surface area contributed by atoms with Crippen LogP contribution in [-0.4, -0.2) is 43.3 Å². The van der Waals surface area contributed by atoms with Gasteiger partial charge in [0.05, 0.1) is 23.1 Å². The first-order chi connectivity index (χ1) is 25.7. The summed E-state index contributed by atoms with van der Waals surface area (Å²) in [5.41, 5.74) is -1.61. The lowest BCUT2D eigenvalue weighted by Crippen LogP contribution is -2.48. The van der Waals surface area contributed by atoms with E-state index >= 15 is 8.78 Å². The molecule has 11 nitrogen and oxygen atoms in total. The van der Waals surface area contributed by atoms with Crippen molar-refractivity contribution in [2.45, 2.75) is 36.5 Å². The average molecular weight is 757 g/mol. The van der Waals surface area contributed by atoms with E-state index in [9.17, 15) is 22.3 Å². The van der Waals surface area contributed by atoms with Crippen LogP contribution in [0.4, 0.5) is 17.6 Å². The number of benzene rings is 4. The molecule has 54 heavy (non-hydrogen) atoms. The molecule has 6 aromatic rings. The Morgan fingerprint density at radius 3 is 2.09 bits per heavy atom. The second-order valence-corrected chi connectivity index (χ2v) is 13.1. The highest BCUT2D eigenvalue weighted by atomic mass is 32.2. The molecule has 0 aliphatic carbocycles. The first-order valence-corrected chi connectivity index (χ1v) is 17.1. The largest absolute Gasteiger partial charge is 0.489 e. The van der Waals surface area contributed by atoms with E-state index < -0.39 is 51.1 Å². The Balaban J connectivity index is 0.000000438. The number of aliphatic hydroxyl groups is 1. The summed E-state index contributed by atoms with van der Waals surface area (Å²) in [4.78, 5) is 3.73. The number of aryl methyl sites for hydroxylation is 1. The Hall–Kier alpha value is -6.46. The summed E-state index contributed by atoms with van der Waals surface area (Å²) in [7, 11) is -4.02. The van der Waals surface area contributed by atoms with Crippen molar-refractivity contribution in [3.8, 4) is 23.7 Å². The molecule has 0 saturated heterocycles. The second-order valence-electron chi connectivity index (χ2n) is 11.7. The maximum absolute atomic E-state index is 15.9. The summed E-state index contributed by atoms with van der Waals surface area (Å²) in [6.45, 7) is 1.21. The van der Waals surface area contributed by atoms with Crippen molar-refractivity contribution in [3.63, 3.8) is 0 Å². The lowest BCUT2D eigenvalue weighted by Gasteiger charge is -2.35. The van der Waals surface area contributed by atoms with Crippen LogP contribution in [-0.2, 0) is 34.8 Å². The molecular weight excluding hydrogens is 729 g/mol. The maximum atomic E-state index is 15.9. The Morgan fingerprint density at radius 2 is 1.52 bits per heavy atom. The first-order valence-electron chi connectivity index (χ1n) is 15.7. The molecule has 1 atom stereocenters. The standard InChI is InChI=1S/C31H20F4N6O2.C7H8O3S/c32-25-10-13-27(28(33)15-25)30(42,19-41-20-38-39-40-41)31(34,35)29-14-9-23(17-37-29)4-1-21-7-11-26(12-8-21)43-18-24-5-2-22(16-36)3-6-24;1-6-2-4-7(5-3-6)11(8,9)10/h2-3,5-15,17,20,42H,18-19H2;2-5H,1H3,(H,8,9,10)/t30-;/m0./s1. The number of rotatable bonds is 9. The molecule has 2 N–H and O–H groups in total. The molecule has 0 unspecified atom stereocenters. The van der Waals surface area contributed by atoms with Gasteiger partial charge in [0.1, 0.15) is 36.0 Å². The zero-order valence-corrected chi connectivity index (χ0v) is 28.9. The van der Waals surface area contributed by atoms with Crippen LogP contribution >= 0.6 is 0 Å². The van der Waals surface area contributed by atoms with E-state index in [4.69, 9.17) is 14.6 Å². The van der Waals surface area contributed by atoms with Crippen molar-refractivity contribution in [1.29, 1.82) is 5.26 Å². The van der Waals surface area contributed by atoms with E-state index in [1.54, 1.807) is 48.5 Å². The lowest BCUT2D eigenvalue weighted by molar-refractivity contribution is -0.207. The molecule has 0 aliphatic rings. The summed E-state index contributed by atoms with van der Waals surface area (Å²) in [6.07, 6.45) is 2.08. The van der Waals surface area contributed by atoms with Gasteiger partial charge in [0.25, 0.3) is 10.1 Å². The summed E-state index contributed by atoms with van der Waals surface area (Å²) < 4.78 is 96.0. The van der Waals surface area contributed by atoms with Crippen molar-refractivity contribution in [1.82, 2.24) is 25.2 Å². The fraction of sp³-hybridized carbons (Fsp3) is 0.132. The molecule has 2 heterocycles. The first kappa shape index (κ1) is 38.8. The molecule has 0 saturated carbocycles. The van der Waals surface area contributed by atoms with E-state index in [1.165, 1.54) is 18.2 Å². The molecule has 0 spiro atoms. The Labute approximate surface area is 306 Å². The van der Waals surface area contributed by atoms with Crippen LogP contribution in [0.15, 0.2) is 121 Å². The molecule has 0 amide bonds. The topological polar surface area (TPSA) is 164 Å². The smallest absolute Gasteiger partial charge is 0.323 e. The van der Waals surface area contributed by atoms with Crippen LogP contribution in [0.25, 0.3) is 0 Å². The van der Waals surface area contributed by atoms with Crippen molar-refractivity contribution < 1.29 is 40.4 Å². The Morgan fingerprint density at radius 1 is 0.870 bits per heavy atom. The third kappa shape index (κ3) is 9.50. The SMILES string of the molecule is Cc1ccc(S(=O)(=O)O)cc1.N#Cc1ccc(COc2ccc(C#Cc3ccc(C(F)(F)[C@](O)(Cn4cnnn4)c4ccc(F)cc4F)nc3)cc2)cc1. The van der Waals surface area contributed by atoms with E-state index in [0.29, 0.717) is 35.1 Å². The van der Waals surface area contributed by atoms with Crippen molar-refractivity contribution >= 4 is 10.1 Å². The number of hydrogen-bond donors (Lipinski definition) is 2. The predicted octanol–water partition coefficient (Wildman–Crippen LogP) is 6.12. The molecule has 4 aromatic carbocycles. The Bertz CT molecular complexity index is 2420. The van der Waals surface area contributed by atoms with Crippen LogP contribution in [0, 0.1) is 41.7 Å². The molecule has 2 aromatic heterocycles. The van der Waals surface area contributed by atoms with Gasteiger partial charge in [0.2, 0.25) is 0 Å². The van der Waals surface area contributed by atoms with Crippen LogP contribution in [0.3, 0.4) is 0 Å². The fourth-order valence-corrected chi connectivity index (χ4v) is 5.34. The zero-order valence-electron chi connectivity index (χ0n) is 28.1. The van der Waals surface area contributed by atoms with Gasteiger partial charge in [-0.1, -0.05) is 41.7 Å². The van der Waals surface area contributed by atoms with Crippen LogP contribution in [0.1, 0.15) is 39.1 Å². The molecular formula is C38H28F4N6O5S. The van der Waals surface area contributed by atoms with Gasteiger partial charge >= 0.3 is 5.92 Å². The number of pyridine rings is 1. The Kier molecular flexibility index (Phi) is 11.8. The van der Waals surface area contributed by atoms with Gasteiger partial charge in [0.15, 0.2) is 5.60 Å². The summed E-state index contributed by atoms with van der Waals surface area (Å²) in [5.74, 6) is -0.196. The number of aromatic nitrogens is 5. The molecule has 0 radical (unpaired) electrons. The maximum Gasteiger partial charge on any atom is 0.323 e. The van der Waals surface area contributed by atoms with Crippen LogP contribution in [0.2, 0.25) is 0 Å². The quantitative estimate of drug-likeness (QED) is 0.0999. The van der Waals surface area contributed by atoms with Gasteiger partial charge in [0, 0.05) is 29.0 Å². The van der Waals surface area contributed by atoms with E-state index in [-0.39, 0.29) is 4.90 Å². The number of tetrazole rings is 1. The monoisotopic (exact) mass is 756 g/mol. The number of nitrogens with zero attached hydrogens (tertiary/aromatic N) is 6. The number of halogens is 4. The third-order valence-electron chi connectivity index (χ3n) is 7.78. The van der Waals surface area contributed by atoms with E-state index in [0.717, 1.165) is 46.5 Å². The van der Waals surface area contributed by atoms with E-state index in [2.05, 4.69) is 38.4 Å². The second kappa shape index (κ2) is 16.5. The molecule has 274 valence electrons. The minimum absolute atomic E-state index is 0.0666. The van der Waals surface area contributed by atoms with Crippen LogP contribution in [0.5, 0.6) is 5.75 Å². The van der Waals surface area contributed by atoms with Crippen LogP contribution < -0.4 is 4.74 Å². The minimum Gasteiger partial charge on any atom is -0.489 e. The van der Waals surface area contributed by atoms with Crippen molar-refractivity contribution in [2.75, 3.05) is 0 Å². The number of ether oxygens (including phenoxy) is 1. The lowest BCUT2D eigenvalue weighted by atomic mass is 9.84. The number of alkyl halides is 2. The fourth-order valence-electron chi connectivity index (χ4n) is 4.86. The van der Waals surface area contributed by atoms with Crippen molar-refractivity contribution in [3.05, 3.63) is 166 Å². The van der Waals surface area contributed by atoms with Gasteiger partial charge in [-0.2, -0.15) is 22.5 Å². The number of hydrogen-bond acceptors (Lipinski definition) is 9. The van der Waals surface area contributed by atoms with E-state index in [1.807, 2.05) is 19.1 Å². The summed E-state index contributed by atoms with van der Waals surface area (Å²) in [6, 6.07) is 26.2. The third-order valence-corrected chi connectivity index (χ3v) is 8.64. The molecule has 0 fully saturated rings. The zero-order chi connectivity index (χ0) is 38.9. The van der Waals surface area contributed by atoms with Crippen molar-refractivity contribution in [2.24, 2.45) is 0 Å². The van der Waals surface area contributed by atoms with Gasteiger partial charge in [-0.3, -0.25) is 9.54 Å². The highest BCUT2D eigenvalue weighted by Gasteiger charge is 2.58. The van der Waals surface area contributed by atoms with Gasteiger partial charge < -0.3 is 9.84 Å². The summed E-state index contributed by atoms with van der Waals surface area (Å²) >= 11 is 0. The molecule has 0 bridgehead atoms. The highest BCUT2D eigenvalue weighted by molar-refractivity contribution is 7.85. The molecule has 6 rings (SSSR count). The molecule has 16 heteroatoms.